The molecule has 23 heavy (non-hydrogen) atoms. The third-order valence-electron chi connectivity index (χ3n) is 3.21. The first-order chi connectivity index (χ1) is 10.9. The highest BCUT2D eigenvalue weighted by Gasteiger charge is 2.11. The van der Waals surface area contributed by atoms with Crippen molar-refractivity contribution in [2.75, 3.05) is 11.9 Å². The third-order valence-corrected chi connectivity index (χ3v) is 3.51. The fraction of sp³-hybridized carbons (Fsp3) is 0.176. The quantitative estimate of drug-likeness (QED) is 0.899. The van der Waals surface area contributed by atoms with Gasteiger partial charge in [0.05, 0.1) is 17.3 Å². The molecular weight excluding hydrogens is 319 g/mol. The number of amides is 2. The van der Waals surface area contributed by atoms with Crippen molar-refractivity contribution in [1.29, 1.82) is 0 Å². The first kappa shape index (κ1) is 17.0. The first-order valence-electron chi connectivity index (χ1n) is 6.97. The van der Waals surface area contributed by atoms with Crippen LogP contribution in [-0.4, -0.2) is 18.4 Å². The molecule has 2 rings (SSSR count). The third kappa shape index (κ3) is 4.53. The second kappa shape index (κ2) is 7.24. The molecular formula is C17H16ClFN2O2. The average molecular weight is 335 g/mol. The number of rotatable bonds is 4. The van der Waals surface area contributed by atoms with Gasteiger partial charge in [0, 0.05) is 5.56 Å². The van der Waals surface area contributed by atoms with Gasteiger partial charge in [-0.25, -0.2) is 4.39 Å². The molecule has 2 N–H and O–H groups in total. The van der Waals surface area contributed by atoms with Gasteiger partial charge < -0.3 is 10.6 Å². The average Bonchev–Trinajstić information content (AvgIpc) is 2.49. The molecule has 2 aromatic rings. The highest BCUT2D eigenvalue weighted by atomic mass is 35.5. The number of aryl methyl sites for hydroxylation is 2. The summed E-state index contributed by atoms with van der Waals surface area (Å²) in [6.07, 6.45) is 0. The number of hydrogen-bond donors (Lipinski definition) is 2. The lowest BCUT2D eigenvalue weighted by Crippen LogP contribution is -2.33. The minimum absolute atomic E-state index is 0.208. The number of nitrogens with one attached hydrogen (secondary N) is 2. The van der Waals surface area contributed by atoms with E-state index in [4.69, 9.17) is 11.6 Å². The van der Waals surface area contributed by atoms with E-state index in [2.05, 4.69) is 10.6 Å². The monoisotopic (exact) mass is 334 g/mol. The van der Waals surface area contributed by atoms with Crippen LogP contribution in [0.3, 0.4) is 0 Å². The van der Waals surface area contributed by atoms with E-state index < -0.39 is 17.6 Å². The number of anilines is 1. The molecule has 0 heterocycles. The Morgan fingerprint density at radius 3 is 2.39 bits per heavy atom. The van der Waals surface area contributed by atoms with Gasteiger partial charge in [0.2, 0.25) is 5.91 Å². The van der Waals surface area contributed by atoms with Crippen LogP contribution in [0.15, 0.2) is 36.4 Å². The van der Waals surface area contributed by atoms with Crippen molar-refractivity contribution < 1.29 is 14.0 Å². The molecule has 0 unspecified atom stereocenters. The zero-order chi connectivity index (χ0) is 17.0. The van der Waals surface area contributed by atoms with Crippen LogP contribution in [0.4, 0.5) is 10.1 Å². The van der Waals surface area contributed by atoms with E-state index >= 15 is 0 Å². The van der Waals surface area contributed by atoms with Gasteiger partial charge in [-0.2, -0.15) is 0 Å². The van der Waals surface area contributed by atoms with Crippen LogP contribution in [0.1, 0.15) is 21.5 Å². The van der Waals surface area contributed by atoms with Crippen molar-refractivity contribution in [3.63, 3.8) is 0 Å². The van der Waals surface area contributed by atoms with Gasteiger partial charge in [-0.3, -0.25) is 9.59 Å². The largest absolute Gasteiger partial charge is 0.343 e. The Balaban J connectivity index is 1.95. The van der Waals surface area contributed by atoms with Gasteiger partial charge in [-0.15, -0.1) is 0 Å². The van der Waals surface area contributed by atoms with E-state index in [1.54, 1.807) is 6.07 Å². The summed E-state index contributed by atoms with van der Waals surface area (Å²) in [6.45, 7) is 3.54. The fourth-order valence-electron chi connectivity index (χ4n) is 2.12. The molecule has 0 spiro atoms. The van der Waals surface area contributed by atoms with E-state index in [1.165, 1.54) is 24.3 Å². The van der Waals surface area contributed by atoms with Gasteiger partial charge in [-0.05, 0) is 55.3 Å². The second-order valence-corrected chi connectivity index (χ2v) is 5.58. The molecule has 4 nitrogen and oxygen atoms in total. The molecule has 0 fully saturated rings. The SMILES string of the molecule is Cc1cc(C)c(NC(=O)CNC(=O)c2ccc(F)cc2)c(Cl)c1. The topological polar surface area (TPSA) is 58.2 Å². The molecule has 2 amide bonds. The minimum atomic E-state index is -0.452. The summed E-state index contributed by atoms with van der Waals surface area (Å²) in [5, 5.41) is 5.59. The Kier molecular flexibility index (Phi) is 5.34. The van der Waals surface area contributed by atoms with Crippen LogP contribution >= 0.6 is 11.6 Å². The van der Waals surface area contributed by atoms with Crippen LogP contribution < -0.4 is 10.6 Å². The standard InChI is InChI=1S/C17H16ClFN2O2/c1-10-7-11(2)16(14(18)8-10)21-15(22)9-20-17(23)12-3-5-13(19)6-4-12/h3-8H,9H2,1-2H3,(H,20,23)(H,21,22). The van der Waals surface area contributed by atoms with Crippen molar-refractivity contribution in [1.82, 2.24) is 5.32 Å². The maximum absolute atomic E-state index is 12.8. The van der Waals surface area contributed by atoms with Gasteiger partial charge in [0.15, 0.2) is 0 Å². The molecule has 2 aromatic carbocycles. The summed E-state index contributed by atoms with van der Waals surface area (Å²) >= 11 is 6.11. The summed E-state index contributed by atoms with van der Waals surface area (Å²) in [5.74, 6) is -1.27. The molecule has 0 aliphatic rings. The number of hydrogen-bond acceptors (Lipinski definition) is 2. The molecule has 6 heteroatoms. The Morgan fingerprint density at radius 2 is 1.78 bits per heavy atom. The lowest BCUT2D eigenvalue weighted by molar-refractivity contribution is -0.115. The van der Waals surface area contributed by atoms with E-state index in [-0.39, 0.29) is 12.1 Å². The van der Waals surface area contributed by atoms with E-state index in [9.17, 15) is 14.0 Å². The molecule has 0 aliphatic heterocycles. The normalized spacial score (nSPS) is 10.3. The van der Waals surface area contributed by atoms with Gasteiger partial charge in [-0.1, -0.05) is 17.7 Å². The van der Waals surface area contributed by atoms with Crippen molar-refractivity contribution in [2.24, 2.45) is 0 Å². The van der Waals surface area contributed by atoms with Crippen molar-refractivity contribution in [3.05, 3.63) is 63.9 Å². The summed E-state index contributed by atoms with van der Waals surface area (Å²) in [5.41, 5.74) is 2.64. The van der Waals surface area contributed by atoms with Crippen LogP contribution in [0.5, 0.6) is 0 Å². The molecule has 0 aliphatic carbocycles. The van der Waals surface area contributed by atoms with Crippen LogP contribution in [-0.2, 0) is 4.79 Å². The molecule has 0 radical (unpaired) electrons. The number of benzene rings is 2. The maximum Gasteiger partial charge on any atom is 0.251 e. The predicted molar refractivity (Wildman–Crippen MR) is 88.3 cm³/mol. The fourth-order valence-corrected chi connectivity index (χ4v) is 2.49. The molecule has 0 atom stereocenters. The predicted octanol–water partition coefficient (Wildman–Crippen LogP) is 3.46. The zero-order valence-corrected chi connectivity index (χ0v) is 13.5. The maximum atomic E-state index is 12.8. The Morgan fingerprint density at radius 1 is 1.13 bits per heavy atom. The van der Waals surface area contributed by atoms with Crippen molar-refractivity contribution >= 4 is 29.1 Å². The molecule has 120 valence electrons. The summed E-state index contributed by atoms with van der Waals surface area (Å²) in [6, 6.07) is 8.72. The number of carbonyl (C=O) groups is 2. The smallest absolute Gasteiger partial charge is 0.251 e. The minimum Gasteiger partial charge on any atom is -0.343 e. The van der Waals surface area contributed by atoms with E-state index in [1.807, 2.05) is 19.9 Å². The highest BCUT2D eigenvalue weighted by Crippen LogP contribution is 2.27. The van der Waals surface area contributed by atoms with Crippen molar-refractivity contribution in [2.45, 2.75) is 13.8 Å². The summed E-state index contributed by atoms with van der Waals surface area (Å²) in [4.78, 5) is 23.8. The Bertz CT molecular complexity index is 722. The lowest BCUT2D eigenvalue weighted by Gasteiger charge is -2.12. The van der Waals surface area contributed by atoms with E-state index in [0.29, 0.717) is 10.7 Å². The lowest BCUT2D eigenvalue weighted by atomic mass is 10.1. The zero-order valence-electron chi connectivity index (χ0n) is 12.7. The van der Waals surface area contributed by atoms with Gasteiger partial charge in [0.25, 0.3) is 5.91 Å². The first-order valence-corrected chi connectivity index (χ1v) is 7.35. The van der Waals surface area contributed by atoms with Gasteiger partial charge in [0.1, 0.15) is 5.82 Å². The molecule has 0 aromatic heterocycles. The molecule has 0 saturated carbocycles. The van der Waals surface area contributed by atoms with Gasteiger partial charge >= 0.3 is 0 Å². The second-order valence-electron chi connectivity index (χ2n) is 5.18. The van der Waals surface area contributed by atoms with Crippen LogP contribution in [0.25, 0.3) is 0 Å². The molecule has 0 saturated heterocycles. The highest BCUT2D eigenvalue weighted by molar-refractivity contribution is 6.34. The number of carbonyl (C=O) groups excluding carboxylic acids is 2. The Hall–Kier alpha value is -2.40. The number of halogens is 2. The van der Waals surface area contributed by atoms with Crippen LogP contribution in [0, 0.1) is 19.7 Å². The van der Waals surface area contributed by atoms with Crippen LogP contribution in [0.2, 0.25) is 5.02 Å². The van der Waals surface area contributed by atoms with Crippen molar-refractivity contribution in [3.8, 4) is 0 Å². The Labute approximate surface area is 138 Å². The molecule has 0 bridgehead atoms. The van der Waals surface area contributed by atoms with E-state index in [0.717, 1.165) is 11.1 Å². The summed E-state index contributed by atoms with van der Waals surface area (Å²) in [7, 11) is 0. The summed E-state index contributed by atoms with van der Waals surface area (Å²) < 4.78 is 12.8.